The molecule has 3 saturated heterocycles. The Kier molecular flexibility index (Phi) is 3.18. The summed E-state index contributed by atoms with van der Waals surface area (Å²) in [6, 6.07) is 2.46. The minimum atomic E-state index is 0.765. The van der Waals surface area contributed by atoms with Crippen molar-refractivity contribution in [1.29, 1.82) is 0 Å². The van der Waals surface area contributed by atoms with Gasteiger partial charge in [-0.15, -0.1) is 0 Å². The Labute approximate surface area is 106 Å². The van der Waals surface area contributed by atoms with Gasteiger partial charge in [0.05, 0.1) is 0 Å². The van der Waals surface area contributed by atoms with E-state index in [1.807, 2.05) is 0 Å². The van der Waals surface area contributed by atoms with Crippen LogP contribution in [0.3, 0.4) is 0 Å². The zero-order chi connectivity index (χ0) is 12.0. The van der Waals surface area contributed by atoms with Gasteiger partial charge in [-0.1, -0.05) is 6.92 Å². The molecule has 3 nitrogen and oxygen atoms in total. The van der Waals surface area contributed by atoms with Crippen molar-refractivity contribution in [3.63, 3.8) is 0 Å². The van der Waals surface area contributed by atoms with Gasteiger partial charge in [0.25, 0.3) is 0 Å². The Hall–Kier alpha value is -0.120. The lowest BCUT2D eigenvalue weighted by Gasteiger charge is -2.26. The van der Waals surface area contributed by atoms with E-state index in [-0.39, 0.29) is 0 Å². The van der Waals surface area contributed by atoms with Crippen LogP contribution in [0.5, 0.6) is 0 Å². The second-order valence-corrected chi connectivity index (χ2v) is 6.77. The van der Waals surface area contributed by atoms with E-state index in [4.69, 9.17) is 0 Å². The molecule has 3 aliphatic rings. The van der Waals surface area contributed by atoms with Crippen LogP contribution in [-0.4, -0.2) is 61.7 Å². The van der Waals surface area contributed by atoms with Crippen molar-refractivity contribution in [2.45, 2.75) is 44.3 Å². The van der Waals surface area contributed by atoms with E-state index in [9.17, 15) is 0 Å². The normalized spacial score (nSPS) is 46.2. The predicted molar refractivity (Wildman–Crippen MR) is 71.1 cm³/mol. The molecule has 0 aliphatic carbocycles. The predicted octanol–water partition coefficient (Wildman–Crippen LogP) is 1.01. The molecule has 5 atom stereocenters. The third-order valence-electron chi connectivity index (χ3n) is 5.24. The van der Waals surface area contributed by atoms with Gasteiger partial charge in [-0.2, -0.15) is 0 Å². The number of likely N-dealkylation sites (tertiary alicyclic amines) is 1. The average Bonchev–Trinajstić information content (AvgIpc) is 2.93. The molecule has 0 aromatic rings. The topological polar surface area (TPSA) is 18.5 Å². The summed E-state index contributed by atoms with van der Waals surface area (Å²) in [5.41, 5.74) is 0. The highest BCUT2D eigenvalue weighted by atomic mass is 15.2. The van der Waals surface area contributed by atoms with Crippen molar-refractivity contribution in [3.8, 4) is 0 Å². The fourth-order valence-electron chi connectivity index (χ4n) is 4.34. The van der Waals surface area contributed by atoms with Gasteiger partial charge in [-0.05, 0) is 45.2 Å². The molecule has 3 aliphatic heterocycles. The van der Waals surface area contributed by atoms with Crippen LogP contribution in [0.2, 0.25) is 0 Å². The van der Waals surface area contributed by atoms with Gasteiger partial charge in [0, 0.05) is 37.8 Å². The van der Waals surface area contributed by atoms with Crippen molar-refractivity contribution in [2.75, 3.05) is 33.7 Å². The molecule has 1 N–H and O–H groups in total. The van der Waals surface area contributed by atoms with Crippen molar-refractivity contribution >= 4 is 0 Å². The first-order valence-electron chi connectivity index (χ1n) is 7.28. The summed E-state index contributed by atoms with van der Waals surface area (Å²) in [5.74, 6) is 1.76. The number of likely N-dealkylation sites (N-methyl/N-ethyl adjacent to an activating group) is 1. The molecule has 3 heterocycles. The summed E-state index contributed by atoms with van der Waals surface area (Å²) in [6.45, 7) is 6.32. The number of hydrogen-bond donors (Lipinski definition) is 1. The van der Waals surface area contributed by atoms with Gasteiger partial charge in [-0.25, -0.2) is 0 Å². The second kappa shape index (κ2) is 4.52. The molecule has 2 bridgehead atoms. The van der Waals surface area contributed by atoms with Gasteiger partial charge in [0.15, 0.2) is 0 Å². The van der Waals surface area contributed by atoms with Gasteiger partial charge < -0.3 is 15.1 Å². The van der Waals surface area contributed by atoms with Crippen LogP contribution < -0.4 is 5.32 Å². The summed E-state index contributed by atoms with van der Waals surface area (Å²) < 4.78 is 0. The minimum absolute atomic E-state index is 0.765. The molecule has 0 radical (unpaired) electrons. The average molecular weight is 237 g/mol. The molecular weight excluding hydrogens is 210 g/mol. The molecule has 3 rings (SSSR count). The Bertz CT molecular complexity index is 279. The zero-order valence-corrected chi connectivity index (χ0v) is 11.5. The molecule has 3 heteroatoms. The van der Waals surface area contributed by atoms with Crippen molar-refractivity contribution < 1.29 is 0 Å². The second-order valence-electron chi connectivity index (χ2n) is 6.77. The first-order valence-corrected chi connectivity index (χ1v) is 7.28. The van der Waals surface area contributed by atoms with E-state index in [1.165, 1.54) is 38.9 Å². The standard InChI is InChI=1S/C14H27N3/c1-10-7-17(9-14(10)16(2)3)8-11-6-12-4-5-13(11)15-12/h10-15H,4-9H2,1-3H3. The summed E-state index contributed by atoms with van der Waals surface area (Å²) in [5, 5.41) is 3.76. The number of rotatable bonds is 3. The van der Waals surface area contributed by atoms with Crippen LogP contribution in [-0.2, 0) is 0 Å². The Balaban J connectivity index is 1.53. The van der Waals surface area contributed by atoms with E-state index < -0.39 is 0 Å². The third-order valence-corrected chi connectivity index (χ3v) is 5.24. The first-order chi connectivity index (χ1) is 8.13. The van der Waals surface area contributed by atoms with E-state index in [0.717, 1.165) is 30.0 Å². The van der Waals surface area contributed by atoms with Crippen LogP contribution >= 0.6 is 0 Å². The van der Waals surface area contributed by atoms with Crippen LogP contribution in [0.25, 0.3) is 0 Å². The highest BCUT2D eigenvalue weighted by Gasteiger charge is 2.41. The van der Waals surface area contributed by atoms with Gasteiger partial charge in [0.2, 0.25) is 0 Å². The minimum Gasteiger partial charge on any atom is -0.311 e. The van der Waals surface area contributed by atoms with Crippen LogP contribution in [0, 0.1) is 11.8 Å². The molecule has 0 aromatic heterocycles. The Morgan fingerprint density at radius 2 is 2.06 bits per heavy atom. The lowest BCUT2D eigenvalue weighted by atomic mass is 9.89. The van der Waals surface area contributed by atoms with Crippen molar-refractivity contribution in [1.82, 2.24) is 15.1 Å². The van der Waals surface area contributed by atoms with Gasteiger partial charge in [-0.3, -0.25) is 0 Å². The third kappa shape index (κ3) is 2.25. The number of hydrogen-bond acceptors (Lipinski definition) is 3. The lowest BCUT2D eigenvalue weighted by Crippen LogP contribution is -2.37. The molecule has 0 aromatic carbocycles. The molecular formula is C14H27N3. The van der Waals surface area contributed by atoms with E-state index in [1.54, 1.807) is 0 Å². The number of fused-ring (bicyclic) bond motifs is 2. The largest absolute Gasteiger partial charge is 0.311 e. The molecule has 0 amide bonds. The highest BCUT2D eigenvalue weighted by molar-refractivity contribution is 4.99. The first kappa shape index (κ1) is 11.9. The molecule has 0 spiro atoms. The smallest absolute Gasteiger partial charge is 0.0254 e. The number of nitrogens with one attached hydrogen (secondary N) is 1. The fraction of sp³-hybridized carbons (Fsp3) is 1.00. The van der Waals surface area contributed by atoms with Crippen molar-refractivity contribution in [2.24, 2.45) is 11.8 Å². The summed E-state index contributed by atoms with van der Waals surface area (Å²) >= 11 is 0. The monoisotopic (exact) mass is 237 g/mol. The van der Waals surface area contributed by atoms with E-state index >= 15 is 0 Å². The molecule has 17 heavy (non-hydrogen) atoms. The quantitative estimate of drug-likeness (QED) is 0.790. The molecule has 0 saturated carbocycles. The summed E-state index contributed by atoms with van der Waals surface area (Å²) in [7, 11) is 4.45. The molecule has 5 unspecified atom stereocenters. The van der Waals surface area contributed by atoms with Crippen LogP contribution in [0.4, 0.5) is 0 Å². The van der Waals surface area contributed by atoms with E-state index in [0.29, 0.717) is 0 Å². The Morgan fingerprint density at radius 3 is 2.59 bits per heavy atom. The lowest BCUT2D eigenvalue weighted by molar-refractivity contribution is 0.224. The fourth-order valence-corrected chi connectivity index (χ4v) is 4.34. The van der Waals surface area contributed by atoms with Gasteiger partial charge >= 0.3 is 0 Å². The van der Waals surface area contributed by atoms with Crippen LogP contribution in [0.1, 0.15) is 26.2 Å². The van der Waals surface area contributed by atoms with Crippen LogP contribution in [0.15, 0.2) is 0 Å². The van der Waals surface area contributed by atoms with Crippen molar-refractivity contribution in [3.05, 3.63) is 0 Å². The molecule has 3 fully saturated rings. The molecule has 98 valence electrons. The Morgan fingerprint density at radius 1 is 1.24 bits per heavy atom. The highest BCUT2D eigenvalue weighted by Crippen LogP contribution is 2.34. The maximum Gasteiger partial charge on any atom is 0.0254 e. The maximum absolute atomic E-state index is 3.76. The number of nitrogens with zero attached hydrogens (tertiary/aromatic N) is 2. The van der Waals surface area contributed by atoms with E-state index in [2.05, 4.69) is 36.1 Å². The zero-order valence-electron chi connectivity index (χ0n) is 11.5. The van der Waals surface area contributed by atoms with Gasteiger partial charge in [0.1, 0.15) is 0 Å². The summed E-state index contributed by atoms with van der Waals surface area (Å²) in [6.07, 6.45) is 4.29. The maximum atomic E-state index is 3.76. The summed E-state index contributed by atoms with van der Waals surface area (Å²) in [4.78, 5) is 5.12. The SMILES string of the molecule is CC1CN(CC2CC3CCC2N3)CC1N(C)C.